The topological polar surface area (TPSA) is 58.6 Å². The van der Waals surface area contributed by atoms with Crippen molar-refractivity contribution in [2.75, 3.05) is 26.0 Å². The summed E-state index contributed by atoms with van der Waals surface area (Å²) in [6, 6.07) is 4.92. The smallest absolute Gasteiger partial charge is 0.138 e. The highest BCUT2D eigenvalue weighted by atomic mass is 35.5. The standard InChI is InChI=1S/C13H19Cl2NO3S/c1-9(20(2)18)6-16-7-11(17)8-19-13-4-3-10(14)5-12(13)15/h3-5,9,11,16-17H,6-8H2,1-2H3. The minimum absolute atomic E-state index is 0.0498. The van der Waals surface area contributed by atoms with Gasteiger partial charge >= 0.3 is 0 Å². The lowest BCUT2D eigenvalue weighted by Crippen LogP contribution is -2.36. The van der Waals surface area contributed by atoms with E-state index in [-0.39, 0.29) is 11.9 Å². The largest absolute Gasteiger partial charge is 0.489 e. The van der Waals surface area contributed by atoms with E-state index in [0.717, 1.165) is 0 Å². The Bertz CT molecular complexity index is 459. The summed E-state index contributed by atoms with van der Waals surface area (Å²) in [4.78, 5) is 0. The molecule has 1 aromatic carbocycles. The van der Waals surface area contributed by atoms with Gasteiger partial charge in [0.15, 0.2) is 0 Å². The molecule has 1 rings (SSSR count). The van der Waals surface area contributed by atoms with E-state index >= 15 is 0 Å². The van der Waals surface area contributed by atoms with Crippen LogP contribution in [0.1, 0.15) is 6.92 Å². The lowest BCUT2D eigenvalue weighted by molar-refractivity contribution is 0.107. The molecular formula is C13H19Cl2NO3S. The van der Waals surface area contributed by atoms with E-state index in [4.69, 9.17) is 27.9 Å². The molecule has 0 aliphatic carbocycles. The second-order valence-electron chi connectivity index (χ2n) is 4.51. The van der Waals surface area contributed by atoms with Crippen molar-refractivity contribution in [1.82, 2.24) is 5.32 Å². The summed E-state index contributed by atoms with van der Waals surface area (Å²) < 4.78 is 16.6. The highest BCUT2D eigenvalue weighted by Gasteiger charge is 2.10. The van der Waals surface area contributed by atoms with Crippen molar-refractivity contribution in [3.8, 4) is 5.75 Å². The number of hydrogen-bond acceptors (Lipinski definition) is 4. The van der Waals surface area contributed by atoms with Crippen LogP contribution in [0.3, 0.4) is 0 Å². The predicted octanol–water partition coefficient (Wildman–Crippen LogP) is 2.09. The number of benzene rings is 1. The van der Waals surface area contributed by atoms with Gasteiger partial charge in [0.1, 0.15) is 18.5 Å². The molecule has 2 N–H and O–H groups in total. The first-order valence-corrected chi connectivity index (χ1v) is 8.56. The van der Waals surface area contributed by atoms with Crippen LogP contribution in [0.15, 0.2) is 18.2 Å². The number of ether oxygens (including phenoxy) is 1. The third-order valence-corrected chi connectivity index (χ3v) is 4.53. The third kappa shape index (κ3) is 6.41. The molecule has 114 valence electrons. The SMILES string of the molecule is CC(CNCC(O)COc1ccc(Cl)cc1Cl)S(C)=O. The summed E-state index contributed by atoms with van der Waals surface area (Å²) in [5.74, 6) is 0.484. The summed E-state index contributed by atoms with van der Waals surface area (Å²) in [5.41, 5.74) is 0. The summed E-state index contributed by atoms with van der Waals surface area (Å²) in [6.07, 6.45) is 0.994. The fourth-order valence-electron chi connectivity index (χ4n) is 1.41. The van der Waals surface area contributed by atoms with Gasteiger partial charge in [0.25, 0.3) is 0 Å². The van der Waals surface area contributed by atoms with Gasteiger partial charge in [-0.15, -0.1) is 0 Å². The number of rotatable bonds is 8. The van der Waals surface area contributed by atoms with E-state index in [2.05, 4.69) is 5.32 Å². The van der Waals surface area contributed by atoms with E-state index in [9.17, 15) is 9.32 Å². The maximum absolute atomic E-state index is 11.2. The van der Waals surface area contributed by atoms with Crippen molar-refractivity contribution in [2.24, 2.45) is 0 Å². The molecule has 0 saturated heterocycles. The van der Waals surface area contributed by atoms with Gasteiger partial charge in [0.05, 0.1) is 5.02 Å². The van der Waals surface area contributed by atoms with Gasteiger partial charge in [-0.2, -0.15) is 0 Å². The normalized spacial score (nSPS) is 15.7. The molecule has 3 unspecified atom stereocenters. The summed E-state index contributed by atoms with van der Waals surface area (Å²) in [6.45, 7) is 2.96. The molecule has 3 atom stereocenters. The predicted molar refractivity (Wildman–Crippen MR) is 84.4 cm³/mol. The van der Waals surface area contributed by atoms with Crippen molar-refractivity contribution in [3.63, 3.8) is 0 Å². The summed E-state index contributed by atoms with van der Waals surface area (Å²) in [7, 11) is -0.869. The Morgan fingerprint density at radius 1 is 1.40 bits per heavy atom. The van der Waals surface area contributed by atoms with Gasteiger partial charge in [-0.3, -0.25) is 4.21 Å². The highest BCUT2D eigenvalue weighted by Crippen LogP contribution is 2.27. The van der Waals surface area contributed by atoms with Gasteiger partial charge in [0, 0.05) is 40.4 Å². The van der Waals surface area contributed by atoms with Gasteiger partial charge in [-0.05, 0) is 25.1 Å². The van der Waals surface area contributed by atoms with Crippen LogP contribution in [0.25, 0.3) is 0 Å². The lowest BCUT2D eigenvalue weighted by Gasteiger charge is -2.15. The van der Waals surface area contributed by atoms with Gasteiger partial charge in [0.2, 0.25) is 0 Å². The van der Waals surface area contributed by atoms with E-state index in [0.29, 0.717) is 28.9 Å². The molecule has 7 heteroatoms. The number of aliphatic hydroxyl groups excluding tert-OH is 1. The van der Waals surface area contributed by atoms with Crippen LogP contribution in [-0.4, -0.2) is 46.6 Å². The van der Waals surface area contributed by atoms with Crippen LogP contribution in [0.4, 0.5) is 0 Å². The van der Waals surface area contributed by atoms with Crippen molar-refractivity contribution >= 4 is 34.0 Å². The number of hydrogen-bond donors (Lipinski definition) is 2. The Balaban J connectivity index is 2.29. The zero-order valence-electron chi connectivity index (χ0n) is 11.4. The average Bonchev–Trinajstić information content (AvgIpc) is 2.37. The second-order valence-corrected chi connectivity index (χ2v) is 7.15. The van der Waals surface area contributed by atoms with Gasteiger partial charge < -0.3 is 15.2 Å². The second kappa shape index (κ2) is 8.85. The molecule has 0 aromatic heterocycles. The van der Waals surface area contributed by atoms with Crippen molar-refractivity contribution in [1.29, 1.82) is 0 Å². The molecule has 0 saturated carbocycles. The van der Waals surface area contributed by atoms with E-state index in [1.807, 2.05) is 6.92 Å². The van der Waals surface area contributed by atoms with E-state index in [1.165, 1.54) is 0 Å². The van der Waals surface area contributed by atoms with Gasteiger partial charge in [-0.25, -0.2) is 0 Å². The summed E-state index contributed by atoms with van der Waals surface area (Å²) >= 11 is 11.7. The van der Waals surface area contributed by atoms with Crippen LogP contribution in [0, 0.1) is 0 Å². The first-order chi connectivity index (χ1) is 9.40. The molecule has 0 radical (unpaired) electrons. The fourth-order valence-corrected chi connectivity index (χ4v) is 2.22. The lowest BCUT2D eigenvalue weighted by atomic mass is 10.3. The number of aliphatic hydroxyl groups is 1. The van der Waals surface area contributed by atoms with Crippen LogP contribution in [0.5, 0.6) is 5.75 Å². The Morgan fingerprint density at radius 2 is 2.10 bits per heavy atom. The molecule has 0 spiro atoms. The van der Waals surface area contributed by atoms with E-state index < -0.39 is 16.9 Å². The Hall–Kier alpha value is -0.330. The molecule has 0 aliphatic rings. The zero-order valence-corrected chi connectivity index (χ0v) is 13.8. The molecular weight excluding hydrogens is 321 g/mol. The fraction of sp³-hybridized carbons (Fsp3) is 0.538. The Labute approximate surface area is 131 Å². The molecule has 0 aliphatic heterocycles. The minimum Gasteiger partial charge on any atom is -0.489 e. The Kier molecular flexibility index (Phi) is 7.84. The molecule has 0 heterocycles. The van der Waals surface area contributed by atoms with E-state index in [1.54, 1.807) is 24.5 Å². The monoisotopic (exact) mass is 339 g/mol. The third-order valence-electron chi connectivity index (χ3n) is 2.70. The molecule has 0 bridgehead atoms. The summed E-state index contributed by atoms with van der Waals surface area (Å²) in [5, 5.41) is 13.8. The molecule has 20 heavy (non-hydrogen) atoms. The quantitative estimate of drug-likeness (QED) is 0.761. The van der Waals surface area contributed by atoms with Crippen LogP contribution < -0.4 is 10.1 Å². The molecule has 0 amide bonds. The molecule has 1 aromatic rings. The average molecular weight is 340 g/mol. The van der Waals surface area contributed by atoms with Crippen molar-refractivity contribution < 1.29 is 14.1 Å². The molecule has 0 fully saturated rings. The minimum atomic E-state index is -0.869. The first-order valence-electron chi connectivity index (χ1n) is 6.19. The van der Waals surface area contributed by atoms with Crippen LogP contribution in [-0.2, 0) is 10.8 Å². The van der Waals surface area contributed by atoms with Gasteiger partial charge in [-0.1, -0.05) is 23.2 Å². The van der Waals surface area contributed by atoms with Crippen molar-refractivity contribution in [2.45, 2.75) is 18.3 Å². The maximum Gasteiger partial charge on any atom is 0.138 e. The van der Waals surface area contributed by atoms with Crippen LogP contribution >= 0.6 is 23.2 Å². The zero-order chi connectivity index (χ0) is 15.1. The highest BCUT2D eigenvalue weighted by molar-refractivity contribution is 7.84. The maximum atomic E-state index is 11.2. The number of nitrogens with one attached hydrogen (secondary N) is 1. The molecule has 4 nitrogen and oxygen atoms in total. The van der Waals surface area contributed by atoms with Crippen molar-refractivity contribution in [3.05, 3.63) is 28.2 Å². The van der Waals surface area contributed by atoms with Crippen LogP contribution in [0.2, 0.25) is 10.0 Å². The first kappa shape index (κ1) is 17.7. The number of halogens is 2. The Morgan fingerprint density at radius 3 is 2.70 bits per heavy atom.